The first-order chi connectivity index (χ1) is 23.9. The molecule has 6 rings (SSSR count). The first kappa shape index (κ1) is 36.0. The predicted octanol–water partition coefficient (Wildman–Crippen LogP) is 7.55. The van der Waals surface area contributed by atoms with E-state index < -0.39 is 41.7 Å². The maximum absolute atomic E-state index is 14.7. The van der Waals surface area contributed by atoms with Crippen LogP contribution in [0.4, 0.5) is 32.3 Å². The van der Waals surface area contributed by atoms with Crippen molar-refractivity contribution in [3.8, 4) is 0 Å². The summed E-state index contributed by atoms with van der Waals surface area (Å²) >= 11 is 0. The molecule has 0 radical (unpaired) electrons. The number of imidazole rings is 1. The zero-order chi connectivity index (χ0) is 35.5. The molecule has 270 valence electrons. The van der Waals surface area contributed by atoms with Crippen molar-refractivity contribution in [1.29, 1.82) is 0 Å². The summed E-state index contributed by atoms with van der Waals surface area (Å²) in [5, 5.41) is 3.64. The number of carbonyl (C=O) groups is 1. The minimum absolute atomic E-state index is 0.0128. The Morgan fingerprint density at radius 2 is 1.70 bits per heavy atom. The average molecular weight is 704 g/mol. The number of benzene rings is 2. The molecular weight excluding hydrogens is 660 g/mol. The second-order valence-electron chi connectivity index (χ2n) is 13.4. The minimum atomic E-state index is -5.21. The largest absolute Gasteiger partial charge is 0.412 e. The average Bonchev–Trinajstić information content (AvgIpc) is 3.44. The number of alkyl halides is 6. The molecule has 1 aliphatic carbocycles. The van der Waals surface area contributed by atoms with Crippen LogP contribution in [0.1, 0.15) is 44.6 Å². The molecule has 13 heteroatoms. The minimum Gasteiger partial charge on any atom is -0.380 e. The van der Waals surface area contributed by atoms with Gasteiger partial charge in [-0.3, -0.25) is 4.79 Å². The lowest BCUT2D eigenvalue weighted by Gasteiger charge is -2.48. The molecule has 3 aromatic rings. The van der Waals surface area contributed by atoms with E-state index in [9.17, 15) is 31.1 Å². The fourth-order valence-electron chi connectivity index (χ4n) is 7.67. The van der Waals surface area contributed by atoms with Crippen LogP contribution in [0.5, 0.6) is 0 Å². The number of hydrogen-bond acceptors (Lipinski definition) is 5. The molecule has 2 saturated heterocycles. The lowest BCUT2D eigenvalue weighted by atomic mass is 9.75. The second-order valence-corrected chi connectivity index (χ2v) is 13.4. The molecule has 3 aliphatic rings. The summed E-state index contributed by atoms with van der Waals surface area (Å²) in [5.41, 5.74) is -1.86. The van der Waals surface area contributed by atoms with E-state index in [0.29, 0.717) is 51.2 Å². The van der Waals surface area contributed by atoms with Crippen LogP contribution in [0, 0.1) is 5.41 Å². The zero-order valence-electron chi connectivity index (χ0n) is 28.0. The van der Waals surface area contributed by atoms with E-state index in [4.69, 9.17) is 9.72 Å². The Balaban J connectivity index is 1.16. The number of ether oxygens (including phenoxy) is 1. The van der Waals surface area contributed by atoms with Gasteiger partial charge < -0.3 is 24.4 Å². The molecule has 2 aliphatic heterocycles. The number of rotatable bonds is 10. The smallest absolute Gasteiger partial charge is 0.380 e. The zero-order valence-corrected chi connectivity index (χ0v) is 28.0. The van der Waals surface area contributed by atoms with Crippen LogP contribution >= 0.6 is 0 Å². The van der Waals surface area contributed by atoms with Crippen LogP contribution in [-0.2, 0) is 22.5 Å². The van der Waals surface area contributed by atoms with Crippen molar-refractivity contribution in [3.05, 3.63) is 84.0 Å². The third-order valence-corrected chi connectivity index (χ3v) is 10.4. The number of nitrogens with one attached hydrogen (secondary N) is 1. The van der Waals surface area contributed by atoms with Gasteiger partial charge in [0.2, 0.25) is 11.9 Å². The molecule has 3 heterocycles. The summed E-state index contributed by atoms with van der Waals surface area (Å²) in [6.07, 6.45) is -6.88. The number of amides is 1. The number of halogens is 6. The monoisotopic (exact) mass is 703 g/mol. The van der Waals surface area contributed by atoms with Gasteiger partial charge in [-0.05, 0) is 56.7 Å². The van der Waals surface area contributed by atoms with E-state index in [1.807, 2.05) is 61.5 Å². The number of aromatic nitrogens is 2. The van der Waals surface area contributed by atoms with E-state index in [2.05, 4.69) is 14.8 Å². The Morgan fingerprint density at radius 1 is 0.980 bits per heavy atom. The summed E-state index contributed by atoms with van der Waals surface area (Å²) in [6.45, 7) is 5.35. The topological polar surface area (TPSA) is 62.6 Å². The molecule has 1 unspecified atom stereocenters. The predicted molar refractivity (Wildman–Crippen MR) is 179 cm³/mol. The van der Waals surface area contributed by atoms with Crippen LogP contribution in [0.25, 0.3) is 11.0 Å². The Bertz CT molecular complexity index is 1680. The molecule has 0 saturated carbocycles. The molecule has 1 aromatic heterocycles. The molecule has 0 bridgehead atoms. The number of fused-ring (bicyclic) bond motifs is 1. The van der Waals surface area contributed by atoms with Crippen LogP contribution < -0.4 is 5.32 Å². The first-order valence-electron chi connectivity index (χ1n) is 17.3. The summed E-state index contributed by atoms with van der Waals surface area (Å²) in [6, 6.07) is 16.7. The maximum atomic E-state index is 14.7. The van der Waals surface area contributed by atoms with Gasteiger partial charge >= 0.3 is 12.4 Å². The number of likely N-dealkylation sites (tertiary alicyclic amines) is 2. The van der Waals surface area contributed by atoms with Gasteiger partial charge in [-0.15, -0.1) is 0 Å². The highest BCUT2D eigenvalue weighted by atomic mass is 19.4. The summed E-state index contributed by atoms with van der Waals surface area (Å²) < 4.78 is 92.9. The highest BCUT2D eigenvalue weighted by Crippen LogP contribution is 2.51. The number of piperidine rings is 2. The molecule has 50 heavy (non-hydrogen) atoms. The molecule has 2 aromatic carbocycles. The van der Waals surface area contributed by atoms with Crippen LogP contribution in [0.2, 0.25) is 0 Å². The van der Waals surface area contributed by atoms with Crippen LogP contribution in [-0.4, -0.2) is 88.6 Å². The van der Waals surface area contributed by atoms with Gasteiger partial charge in [-0.25, -0.2) is 4.98 Å². The van der Waals surface area contributed by atoms with Gasteiger partial charge in [0, 0.05) is 62.9 Å². The fraction of sp³-hybridized carbons (Fsp3) is 0.514. The van der Waals surface area contributed by atoms with E-state index in [-0.39, 0.29) is 18.6 Å². The highest BCUT2D eigenvalue weighted by Gasteiger charge is 2.63. The van der Waals surface area contributed by atoms with Crippen molar-refractivity contribution in [2.45, 2.75) is 82.5 Å². The fourth-order valence-corrected chi connectivity index (χ4v) is 7.67. The van der Waals surface area contributed by atoms with Crippen molar-refractivity contribution in [2.75, 3.05) is 38.2 Å². The van der Waals surface area contributed by atoms with Crippen molar-refractivity contribution >= 4 is 22.9 Å². The Labute approximate surface area is 288 Å². The lowest BCUT2D eigenvalue weighted by Crippen LogP contribution is -2.60. The van der Waals surface area contributed by atoms with Gasteiger partial charge in [0.15, 0.2) is 5.41 Å². The summed E-state index contributed by atoms with van der Waals surface area (Å²) in [7, 11) is 0. The molecule has 1 amide bonds. The quantitative estimate of drug-likeness (QED) is 0.175. The van der Waals surface area contributed by atoms with E-state index in [1.165, 1.54) is 4.90 Å². The van der Waals surface area contributed by atoms with E-state index >= 15 is 0 Å². The van der Waals surface area contributed by atoms with E-state index in [0.717, 1.165) is 54.6 Å². The third kappa shape index (κ3) is 7.58. The van der Waals surface area contributed by atoms with Gasteiger partial charge in [-0.1, -0.05) is 60.7 Å². The Kier molecular flexibility index (Phi) is 10.6. The van der Waals surface area contributed by atoms with Gasteiger partial charge in [-0.2, -0.15) is 26.3 Å². The van der Waals surface area contributed by atoms with Gasteiger partial charge in [0.1, 0.15) is 0 Å². The number of hydrogen-bond donors (Lipinski definition) is 1. The van der Waals surface area contributed by atoms with E-state index in [1.54, 1.807) is 0 Å². The van der Waals surface area contributed by atoms with Crippen molar-refractivity contribution in [1.82, 2.24) is 19.4 Å². The van der Waals surface area contributed by atoms with Crippen molar-refractivity contribution in [3.63, 3.8) is 0 Å². The summed E-state index contributed by atoms with van der Waals surface area (Å²) in [5.74, 6) is -0.524. The van der Waals surface area contributed by atoms with Gasteiger partial charge in [0.25, 0.3) is 0 Å². The number of carbonyl (C=O) groups excluding carboxylic acids is 1. The summed E-state index contributed by atoms with van der Waals surface area (Å²) in [4.78, 5) is 22.4. The number of allylic oxidation sites excluding steroid dienone is 3. The van der Waals surface area contributed by atoms with Gasteiger partial charge in [0.05, 0.1) is 17.6 Å². The molecule has 7 nitrogen and oxygen atoms in total. The molecule has 0 spiro atoms. The Hall–Kier alpha value is -3.84. The number of para-hydroxylation sites is 2. The lowest BCUT2D eigenvalue weighted by molar-refractivity contribution is -0.218. The molecule has 1 N–H and O–H groups in total. The molecule has 2 fully saturated rings. The second kappa shape index (κ2) is 14.8. The first-order valence-corrected chi connectivity index (χ1v) is 17.3. The van der Waals surface area contributed by atoms with Crippen molar-refractivity contribution < 1.29 is 35.9 Å². The Morgan fingerprint density at radius 3 is 2.40 bits per heavy atom. The number of nitrogens with zero attached hydrogens (tertiary/aromatic N) is 4. The molecule has 3 atom stereocenters. The highest BCUT2D eigenvalue weighted by molar-refractivity contribution is 5.87. The molecular formula is C37H43F6N5O2. The SMILES string of the molecule is CCOCCn1c(NC2CCN([C@@H]3CCN(C(=O)C4(C(F)(F)F)C=CC=C(C(F)(F)F)C4)[C@@H](Cc4ccccc4)C3)CC2)nc2ccccc21. The third-order valence-electron chi connectivity index (χ3n) is 10.4. The normalized spacial score (nSPS) is 24.1. The standard InChI is InChI=1S/C37H43F6N5O2/c1-2-50-22-21-48-32-13-7-6-12-31(32)45-34(48)44-28-14-18-46(19-15-28)29-16-20-47(30(24-29)23-26-9-4-3-5-10-26)33(49)35(37(41,42)43)17-8-11-27(25-35)36(38,39)40/h3-13,17,28-30H,2,14-16,18-25H2,1H3,(H,44,45)/t29-,30+,35?/m1/s1. The number of anilines is 1. The van der Waals surface area contributed by atoms with Crippen molar-refractivity contribution in [2.24, 2.45) is 5.41 Å². The maximum Gasteiger partial charge on any atom is 0.412 e. The van der Waals surface area contributed by atoms with Crippen LogP contribution in [0.15, 0.2) is 78.4 Å². The van der Waals surface area contributed by atoms with Crippen LogP contribution in [0.3, 0.4) is 0 Å².